The van der Waals surface area contributed by atoms with Crippen LogP contribution in [0.3, 0.4) is 0 Å². The van der Waals surface area contributed by atoms with Crippen molar-refractivity contribution in [3.05, 3.63) is 83.5 Å². The molecule has 2 aromatic carbocycles. The first-order chi connectivity index (χ1) is 14.1. The molecule has 0 spiro atoms. The molecule has 3 rings (SSSR count). The minimum absolute atomic E-state index is 0.0632. The Morgan fingerprint density at radius 2 is 1.83 bits per heavy atom. The highest BCUT2D eigenvalue weighted by Crippen LogP contribution is 2.39. The Balaban J connectivity index is 1.75. The fourth-order valence-electron chi connectivity index (χ4n) is 3.97. The van der Waals surface area contributed by atoms with Crippen LogP contribution in [0.2, 0.25) is 0 Å². The molecule has 3 nitrogen and oxygen atoms in total. The first-order valence-electron chi connectivity index (χ1n) is 10.4. The van der Waals surface area contributed by atoms with E-state index in [1.54, 1.807) is 7.11 Å². The van der Waals surface area contributed by atoms with Crippen molar-refractivity contribution in [3.63, 3.8) is 0 Å². The van der Waals surface area contributed by atoms with Crippen molar-refractivity contribution in [2.75, 3.05) is 12.4 Å². The molecule has 0 saturated heterocycles. The Labute approximate surface area is 174 Å². The molecule has 0 unspecified atom stereocenters. The molecule has 3 heteroatoms. The number of nitrogens with one attached hydrogen (secondary N) is 1. The number of benzene rings is 2. The van der Waals surface area contributed by atoms with Gasteiger partial charge in [0, 0.05) is 11.6 Å². The Bertz CT molecular complexity index is 861. The molecule has 0 radical (unpaired) electrons. The number of hydrogen-bond acceptors (Lipinski definition) is 2. The molecule has 0 heterocycles. The van der Waals surface area contributed by atoms with E-state index in [2.05, 4.69) is 55.6 Å². The number of anilines is 1. The second-order valence-electron chi connectivity index (χ2n) is 7.96. The molecule has 1 amide bonds. The Hall–Kier alpha value is -2.81. The molecule has 0 aliphatic heterocycles. The van der Waals surface area contributed by atoms with Gasteiger partial charge in [-0.25, -0.2) is 0 Å². The summed E-state index contributed by atoms with van der Waals surface area (Å²) < 4.78 is 5.20. The van der Waals surface area contributed by atoms with Crippen LogP contribution in [0, 0.1) is 5.92 Å². The Kier molecular flexibility index (Phi) is 7.29. The lowest BCUT2D eigenvalue weighted by molar-refractivity contribution is -0.120. The van der Waals surface area contributed by atoms with Crippen molar-refractivity contribution in [2.24, 2.45) is 5.92 Å². The lowest BCUT2D eigenvalue weighted by atomic mass is 9.74. The van der Waals surface area contributed by atoms with Crippen molar-refractivity contribution in [1.82, 2.24) is 0 Å². The van der Waals surface area contributed by atoms with Crippen LogP contribution in [-0.2, 0) is 4.79 Å². The average molecular weight is 390 g/mol. The van der Waals surface area contributed by atoms with Crippen molar-refractivity contribution in [3.8, 4) is 5.75 Å². The van der Waals surface area contributed by atoms with Crippen LogP contribution < -0.4 is 10.1 Å². The molecular weight excluding hydrogens is 358 g/mol. The second-order valence-corrected chi connectivity index (χ2v) is 7.96. The maximum atomic E-state index is 13.1. The summed E-state index contributed by atoms with van der Waals surface area (Å²) in [7, 11) is 1.64. The van der Waals surface area contributed by atoms with Gasteiger partial charge in [-0.2, -0.15) is 0 Å². The van der Waals surface area contributed by atoms with Gasteiger partial charge < -0.3 is 10.1 Å². The maximum Gasteiger partial charge on any atom is 0.228 e. The first kappa shape index (κ1) is 20.9. The van der Waals surface area contributed by atoms with Crippen molar-refractivity contribution in [2.45, 2.75) is 45.4 Å². The highest BCUT2D eigenvalue weighted by Gasteiger charge is 2.32. The van der Waals surface area contributed by atoms with E-state index in [0.717, 1.165) is 37.1 Å². The fraction of sp³-hybridized carbons (Fsp3) is 0.346. The highest BCUT2D eigenvalue weighted by atomic mass is 16.5. The van der Waals surface area contributed by atoms with E-state index < -0.39 is 0 Å². The van der Waals surface area contributed by atoms with Crippen LogP contribution in [0.15, 0.2) is 77.9 Å². The minimum atomic E-state index is -0.0632. The number of rotatable bonds is 7. The van der Waals surface area contributed by atoms with Gasteiger partial charge in [-0.05, 0) is 75.3 Å². The van der Waals surface area contributed by atoms with Gasteiger partial charge in [-0.1, -0.05) is 53.6 Å². The van der Waals surface area contributed by atoms with Gasteiger partial charge in [0.15, 0.2) is 0 Å². The molecule has 0 aromatic heterocycles. The van der Waals surface area contributed by atoms with Gasteiger partial charge in [0.2, 0.25) is 5.91 Å². The average Bonchev–Trinajstić information content (AvgIpc) is 2.74. The fourth-order valence-corrected chi connectivity index (χ4v) is 3.97. The monoisotopic (exact) mass is 389 g/mol. The van der Waals surface area contributed by atoms with Gasteiger partial charge in [-0.3, -0.25) is 4.79 Å². The maximum absolute atomic E-state index is 13.1. The van der Waals surface area contributed by atoms with E-state index >= 15 is 0 Å². The zero-order chi connectivity index (χ0) is 20.6. The van der Waals surface area contributed by atoms with Crippen LogP contribution in [0.1, 0.15) is 51.0 Å². The van der Waals surface area contributed by atoms with Gasteiger partial charge in [-0.15, -0.1) is 0 Å². The molecule has 152 valence electrons. The third-order valence-corrected chi connectivity index (χ3v) is 5.57. The van der Waals surface area contributed by atoms with Crippen LogP contribution in [-0.4, -0.2) is 13.0 Å². The quantitative estimate of drug-likeness (QED) is 0.549. The third kappa shape index (κ3) is 5.83. The molecule has 1 aliphatic carbocycles. The van der Waals surface area contributed by atoms with Gasteiger partial charge in [0.25, 0.3) is 0 Å². The summed E-state index contributed by atoms with van der Waals surface area (Å²) in [6.45, 7) is 4.28. The summed E-state index contributed by atoms with van der Waals surface area (Å²) in [6.07, 6.45) is 8.45. The number of hydrogen-bond donors (Lipinski definition) is 1. The van der Waals surface area contributed by atoms with Gasteiger partial charge in [0.1, 0.15) is 5.75 Å². The van der Waals surface area contributed by atoms with Crippen LogP contribution in [0.4, 0.5) is 5.69 Å². The first-order valence-corrected chi connectivity index (χ1v) is 10.4. The molecule has 2 aromatic rings. The van der Waals surface area contributed by atoms with Crippen LogP contribution >= 0.6 is 0 Å². The smallest absolute Gasteiger partial charge is 0.228 e. The van der Waals surface area contributed by atoms with Crippen LogP contribution in [0.5, 0.6) is 5.75 Å². The summed E-state index contributed by atoms with van der Waals surface area (Å²) >= 11 is 0. The van der Waals surface area contributed by atoms with E-state index in [0.29, 0.717) is 0 Å². The largest absolute Gasteiger partial charge is 0.497 e. The summed E-state index contributed by atoms with van der Waals surface area (Å²) in [4.78, 5) is 13.1. The van der Waals surface area contributed by atoms with E-state index in [9.17, 15) is 4.79 Å². The SMILES string of the molecule is COc1ccc(NC(=O)[C@H]2CC=C(CCC=C(C)C)C[C@@H]2c2ccccc2)cc1. The molecule has 0 fully saturated rings. The lowest BCUT2D eigenvalue weighted by Crippen LogP contribution is -2.30. The zero-order valence-electron chi connectivity index (χ0n) is 17.7. The molecule has 1 aliphatic rings. The number of carbonyl (C=O) groups excluding carboxylic acids is 1. The zero-order valence-corrected chi connectivity index (χ0v) is 17.7. The van der Waals surface area contributed by atoms with E-state index in [4.69, 9.17) is 4.74 Å². The van der Waals surface area contributed by atoms with Gasteiger partial charge in [0.05, 0.1) is 7.11 Å². The summed E-state index contributed by atoms with van der Waals surface area (Å²) in [6, 6.07) is 18.0. The molecule has 29 heavy (non-hydrogen) atoms. The van der Waals surface area contributed by atoms with Crippen molar-refractivity contribution >= 4 is 11.6 Å². The van der Waals surface area contributed by atoms with Crippen LogP contribution in [0.25, 0.3) is 0 Å². The number of allylic oxidation sites excluding steroid dienone is 4. The topological polar surface area (TPSA) is 38.3 Å². The summed E-state index contributed by atoms with van der Waals surface area (Å²) in [5, 5.41) is 3.10. The second kappa shape index (κ2) is 10.1. The summed E-state index contributed by atoms with van der Waals surface area (Å²) in [5.74, 6) is 1.02. The Morgan fingerprint density at radius 1 is 1.10 bits per heavy atom. The van der Waals surface area contributed by atoms with E-state index in [-0.39, 0.29) is 17.7 Å². The number of ether oxygens (including phenoxy) is 1. The standard InChI is InChI=1S/C26H31NO2/c1-19(2)8-7-9-20-12-17-24(25(18-20)21-10-5-4-6-11-21)26(28)27-22-13-15-23(29-3)16-14-22/h4-6,8,10-16,24-25H,7,9,17-18H2,1-3H3,(H,27,28)/t24-,25+/m0/s1. The van der Waals surface area contributed by atoms with Crippen molar-refractivity contribution in [1.29, 1.82) is 0 Å². The van der Waals surface area contributed by atoms with E-state index in [1.807, 2.05) is 30.3 Å². The minimum Gasteiger partial charge on any atom is -0.497 e. The normalized spacial score (nSPS) is 18.5. The molecule has 1 N–H and O–H groups in total. The highest BCUT2D eigenvalue weighted by molar-refractivity contribution is 5.93. The van der Waals surface area contributed by atoms with Crippen molar-refractivity contribution < 1.29 is 9.53 Å². The molecule has 0 saturated carbocycles. The Morgan fingerprint density at radius 3 is 2.48 bits per heavy atom. The predicted octanol–water partition coefficient (Wildman–Crippen LogP) is 6.50. The summed E-state index contributed by atoms with van der Waals surface area (Å²) in [5.41, 5.74) is 4.87. The molecular formula is C26H31NO2. The third-order valence-electron chi connectivity index (χ3n) is 5.57. The van der Waals surface area contributed by atoms with E-state index in [1.165, 1.54) is 16.7 Å². The lowest BCUT2D eigenvalue weighted by Gasteiger charge is -2.31. The number of carbonyl (C=O) groups is 1. The molecule has 2 atom stereocenters. The molecule has 0 bridgehead atoms. The number of methoxy groups -OCH3 is 1. The predicted molar refractivity (Wildman–Crippen MR) is 120 cm³/mol. The number of amides is 1. The van der Waals surface area contributed by atoms with Gasteiger partial charge >= 0.3 is 0 Å².